The van der Waals surface area contributed by atoms with Crippen LogP contribution >= 0.6 is 0 Å². The van der Waals surface area contributed by atoms with Crippen molar-refractivity contribution in [3.05, 3.63) is 86.7 Å². The first-order valence-electron chi connectivity index (χ1n) is 9.20. The molecule has 11 nitrogen and oxygen atoms in total. The molecule has 0 saturated carbocycles. The molecule has 0 aliphatic rings. The Morgan fingerprint density at radius 3 is 2.16 bits per heavy atom. The van der Waals surface area contributed by atoms with Crippen LogP contribution in [-0.4, -0.2) is 41.5 Å². The number of ether oxygens (including phenoxy) is 2. The third kappa shape index (κ3) is 5.69. The first-order chi connectivity index (χ1) is 15.4. The third-order valence-corrected chi connectivity index (χ3v) is 4.15. The highest BCUT2D eigenvalue weighted by molar-refractivity contribution is 6.04. The molecular weight excluding hydrogens is 420 g/mol. The van der Waals surface area contributed by atoms with E-state index in [1.807, 2.05) is 4.98 Å². The minimum atomic E-state index is -1.07. The number of aromatic amines is 2. The van der Waals surface area contributed by atoms with E-state index in [0.29, 0.717) is 22.7 Å². The van der Waals surface area contributed by atoms with Gasteiger partial charge >= 0.3 is 11.7 Å². The molecule has 1 heterocycles. The number of methoxy groups -OCH3 is 1. The van der Waals surface area contributed by atoms with E-state index in [4.69, 9.17) is 9.47 Å². The highest BCUT2D eigenvalue weighted by Gasteiger charge is 2.15. The van der Waals surface area contributed by atoms with Crippen molar-refractivity contribution in [2.45, 2.75) is 0 Å². The van der Waals surface area contributed by atoms with Crippen LogP contribution in [0, 0.1) is 0 Å². The Morgan fingerprint density at radius 2 is 1.53 bits per heavy atom. The van der Waals surface area contributed by atoms with Gasteiger partial charge in [0.2, 0.25) is 0 Å². The van der Waals surface area contributed by atoms with E-state index >= 15 is 0 Å². The zero-order valence-electron chi connectivity index (χ0n) is 16.8. The summed E-state index contributed by atoms with van der Waals surface area (Å²) in [5.74, 6) is -1.40. The number of esters is 1. The van der Waals surface area contributed by atoms with Gasteiger partial charge in [0.25, 0.3) is 17.4 Å². The molecule has 164 valence electrons. The van der Waals surface area contributed by atoms with Crippen molar-refractivity contribution in [1.29, 1.82) is 0 Å². The maximum Gasteiger partial charge on any atom is 0.345 e. The van der Waals surface area contributed by atoms with Gasteiger partial charge in [-0.25, -0.2) is 9.59 Å². The molecule has 0 aliphatic carbocycles. The van der Waals surface area contributed by atoms with E-state index < -0.39 is 35.3 Å². The number of benzene rings is 2. The average Bonchev–Trinajstić information content (AvgIpc) is 2.78. The summed E-state index contributed by atoms with van der Waals surface area (Å²) >= 11 is 0. The van der Waals surface area contributed by atoms with E-state index in [1.54, 1.807) is 31.4 Å². The molecule has 3 rings (SSSR count). The second-order valence-corrected chi connectivity index (χ2v) is 6.37. The van der Waals surface area contributed by atoms with Crippen LogP contribution in [-0.2, 0) is 9.53 Å². The van der Waals surface area contributed by atoms with Crippen LogP contribution in [0.3, 0.4) is 0 Å². The monoisotopic (exact) mass is 438 g/mol. The molecule has 2 aromatic carbocycles. The molecule has 0 aliphatic heterocycles. The molecule has 0 bridgehead atoms. The summed E-state index contributed by atoms with van der Waals surface area (Å²) in [7, 11) is 1.55. The zero-order valence-corrected chi connectivity index (χ0v) is 16.8. The number of nitrogens with one attached hydrogen (secondary N) is 4. The zero-order chi connectivity index (χ0) is 23.1. The molecule has 1 aromatic heterocycles. The van der Waals surface area contributed by atoms with Crippen molar-refractivity contribution >= 4 is 29.2 Å². The van der Waals surface area contributed by atoms with Gasteiger partial charge in [0.15, 0.2) is 6.61 Å². The highest BCUT2D eigenvalue weighted by atomic mass is 16.5. The van der Waals surface area contributed by atoms with Gasteiger partial charge in [-0.15, -0.1) is 0 Å². The average molecular weight is 438 g/mol. The fraction of sp³-hybridized carbons (Fsp3) is 0.0952. The smallest absolute Gasteiger partial charge is 0.345 e. The van der Waals surface area contributed by atoms with E-state index in [9.17, 15) is 24.0 Å². The maximum absolute atomic E-state index is 12.3. The predicted molar refractivity (Wildman–Crippen MR) is 114 cm³/mol. The molecule has 11 heteroatoms. The molecule has 3 aromatic rings. The predicted octanol–water partition coefficient (Wildman–Crippen LogP) is 1.12. The summed E-state index contributed by atoms with van der Waals surface area (Å²) in [6, 6.07) is 12.9. The summed E-state index contributed by atoms with van der Waals surface area (Å²) in [6.45, 7) is -0.656. The van der Waals surface area contributed by atoms with E-state index in [-0.39, 0.29) is 5.91 Å². The summed E-state index contributed by atoms with van der Waals surface area (Å²) < 4.78 is 9.82. The van der Waals surface area contributed by atoms with Crippen molar-refractivity contribution in [2.24, 2.45) is 0 Å². The number of aromatic nitrogens is 2. The second-order valence-electron chi connectivity index (χ2n) is 6.37. The van der Waals surface area contributed by atoms with Crippen molar-refractivity contribution in [1.82, 2.24) is 9.97 Å². The van der Waals surface area contributed by atoms with Gasteiger partial charge in [-0.05, 0) is 48.5 Å². The summed E-state index contributed by atoms with van der Waals surface area (Å²) in [5, 5.41) is 5.23. The summed E-state index contributed by atoms with van der Waals surface area (Å²) in [5.41, 5.74) is -0.814. The Labute approximate surface area is 180 Å². The summed E-state index contributed by atoms with van der Waals surface area (Å²) in [4.78, 5) is 62.6. The van der Waals surface area contributed by atoms with Crippen LogP contribution in [0.5, 0.6) is 5.75 Å². The molecule has 0 unspecified atom stereocenters. The van der Waals surface area contributed by atoms with Gasteiger partial charge in [-0.2, -0.15) is 0 Å². The van der Waals surface area contributed by atoms with Crippen molar-refractivity contribution < 1.29 is 23.9 Å². The van der Waals surface area contributed by atoms with Crippen molar-refractivity contribution in [3.8, 4) is 5.75 Å². The van der Waals surface area contributed by atoms with Gasteiger partial charge in [0, 0.05) is 23.1 Å². The fourth-order valence-electron chi connectivity index (χ4n) is 2.55. The molecule has 0 atom stereocenters. The molecule has 0 spiro atoms. The lowest BCUT2D eigenvalue weighted by molar-refractivity contribution is -0.119. The Balaban J connectivity index is 1.52. The minimum absolute atomic E-state index is 0.340. The van der Waals surface area contributed by atoms with Crippen LogP contribution in [0.25, 0.3) is 0 Å². The number of amides is 2. The SMILES string of the molecule is COc1ccc(NC(=O)c2ccc(NC(=O)COC(=O)c3c[nH]c(=O)[nH]c3=O)cc2)cc1. The highest BCUT2D eigenvalue weighted by Crippen LogP contribution is 2.16. The van der Waals surface area contributed by atoms with E-state index in [0.717, 1.165) is 6.20 Å². The van der Waals surface area contributed by atoms with Gasteiger partial charge in [-0.3, -0.25) is 19.4 Å². The number of rotatable bonds is 7. The van der Waals surface area contributed by atoms with Gasteiger partial charge in [-0.1, -0.05) is 0 Å². The Hall–Kier alpha value is -4.67. The standard InChI is InChI=1S/C21H18N4O7/c1-31-15-8-6-14(7-9-15)24-18(27)12-2-4-13(5-3-12)23-17(26)11-32-20(29)16-10-22-21(30)25-19(16)28/h2-10H,11H2,1H3,(H,23,26)(H,24,27)(H2,22,25,28,30). The van der Waals surface area contributed by atoms with Crippen LogP contribution in [0.2, 0.25) is 0 Å². The lowest BCUT2D eigenvalue weighted by Crippen LogP contribution is -2.29. The fourth-order valence-corrected chi connectivity index (χ4v) is 2.55. The quantitative estimate of drug-likeness (QED) is 0.402. The maximum atomic E-state index is 12.3. The minimum Gasteiger partial charge on any atom is -0.497 e. The van der Waals surface area contributed by atoms with Crippen LogP contribution < -0.4 is 26.6 Å². The number of anilines is 2. The van der Waals surface area contributed by atoms with E-state index in [1.165, 1.54) is 24.3 Å². The van der Waals surface area contributed by atoms with Gasteiger partial charge in [0.05, 0.1) is 7.11 Å². The normalized spacial score (nSPS) is 10.2. The van der Waals surface area contributed by atoms with Gasteiger partial charge in [0.1, 0.15) is 11.3 Å². The van der Waals surface area contributed by atoms with Crippen LogP contribution in [0.4, 0.5) is 11.4 Å². The third-order valence-electron chi connectivity index (χ3n) is 4.15. The molecule has 0 fully saturated rings. The summed E-state index contributed by atoms with van der Waals surface area (Å²) in [6.07, 6.45) is 0.900. The van der Waals surface area contributed by atoms with Crippen molar-refractivity contribution in [2.75, 3.05) is 24.4 Å². The van der Waals surface area contributed by atoms with Crippen LogP contribution in [0.1, 0.15) is 20.7 Å². The van der Waals surface area contributed by atoms with E-state index in [2.05, 4.69) is 15.6 Å². The first-order valence-corrected chi connectivity index (χ1v) is 9.20. The topological polar surface area (TPSA) is 159 Å². The Morgan fingerprint density at radius 1 is 0.906 bits per heavy atom. The molecule has 0 radical (unpaired) electrons. The lowest BCUT2D eigenvalue weighted by Gasteiger charge is -2.08. The van der Waals surface area contributed by atoms with Crippen molar-refractivity contribution in [3.63, 3.8) is 0 Å². The number of H-pyrrole nitrogens is 2. The molecule has 2 amide bonds. The lowest BCUT2D eigenvalue weighted by atomic mass is 10.2. The number of carbonyl (C=O) groups is 3. The number of hydrogen-bond donors (Lipinski definition) is 4. The molecular formula is C21H18N4O7. The van der Waals surface area contributed by atoms with Gasteiger partial charge < -0.3 is 25.1 Å². The number of carbonyl (C=O) groups excluding carboxylic acids is 3. The largest absolute Gasteiger partial charge is 0.497 e. The Bertz CT molecular complexity index is 1240. The Kier molecular flexibility index (Phi) is 6.81. The number of hydrogen-bond acceptors (Lipinski definition) is 7. The van der Waals surface area contributed by atoms with Crippen LogP contribution in [0.15, 0.2) is 64.3 Å². The molecule has 32 heavy (non-hydrogen) atoms. The second kappa shape index (κ2) is 9.89. The molecule has 0 saturated heterocycles. The molecule has 4 N–H and O–H groups in total. The first kappa shape index (κ1) is 22.0.